The van der Waals surface area contributed by atoms with Crippen LogP contribution in [0.2, 0.25) is 0 Å². The van der Waals surface area contributed by atoms with Crippen LogP contribution < -0.4 is 11.2 Å². The lowest BCUT2D eigenvalue weighted by molar-refractivity contribution is -0.139. The lowest BCUT2D eigenvalue weighted by Crippen LogP contribution is -2.46. The number of urea groups is 1. The van der Waals surface area contributed by atoms with Crippen LogP contribution in [0.4, 0.5) is 4.79 Å². The van der Waals surface area contributed by atoms with Crippen molar-refractivity contribution in [3.63, 3.8) is 0 Å². The first-order valence-electron chi connectivity index (χ1n) is 2.37. The molecule has 0 aromatic carbocycles. The molecular weight excluding hydrogens is 138 g/mol. The van der Waals surface area contributed by atoms with Crippen molar-refractivity contribution in [1.29, 1.82) is 0 Å². The molecule has 0 aromatic rings. The first kappa shape index (κ1) is 8.41. The molecule has 0 saturated carbocycles. The number of carbonyl (C=O) groups is 3. The van der Waals surface area contributed by atoms with Crippen molar-refractivity contribution in [3.8, 4) is 0 Å². The van der Waals surface area contributed by atoms with E-state index >= 15 is 0 Å². The topological polar surface area (TPSA) is 92.5 Å². The SMILES string of the molecule is CN(NC(N)=O)C(=O)C=O. The number of amides is 3. The number of likely N-dealkylation sites (N-methyl/N-ethyl adjacent to an activating group) is 1. The molecule has 0 saturated heterocycles. The Morgan fingerprint density at radius 1 is 1.60 bits per heavy atom. The van der Waals surface area contributed by atoms with Crippen LogP contribution in [0.15, 0.2) is 0 Å². The minimum atomic E-state index is -0.891. The lowest BCUT2D eigenvalue weighted by Gasteiger charge is -2.12. The highest BCUT2D eigenvalue weighted by atomic mass is 16.2. The minimum absolute atomic E-state index is 0.0654. The summed E-state index contributed by atoms with van der Waals surface area (Å²) in [5.41, 5.74) is 6.51. The van der Waals surface area contributed by atoms with Gasteiger partial charge in [-0.3, -0.25) is 9.59 Å². The quantitative estimate of drug-likeness (QED) is 0.260. The number of nitrogens with two attached hydrogens (primary N) is 1. The average molecular weight is 145 g/mol. The van der Waals surface area contributed by atoms with Crippen molar-refractivity contribution in [2.24, 2.45) is 5.73 Å². The Bertz CT molecular complexity index is 167. The fraction of sp³-hybridized carbons (Fsp3) is 0.250. The first-order chi connectivity index (χ1) is 4.57. The van der Waals surface area contributed by atoms with Gasteiger partial charge < -0.3 is 5.73 Å². The van der Waals surface area contributed by atoms with Crippen molar-refractivity contribution < 1.29 is 14.4 Å². The van der Waals surface area contributed by atoms with Crippen molar-refractivity contribution in [2.45, 2.75) is 0 Å². The predicted molar refractivity (Wildman–Crippen MR) is 31.6 cm³/mol. The van der Waals surface area contributed by atoms with E-state index < -0.39 is 11.9 Å². The summed E-state index contributed by atoms with van der Waals surface area (Å²) in [5, 5.41) is 0.690. The zero-order valence-electron chi connectivity index (χ0n) is 5.33. The van der Waals surface area contributed by atoms with Gasteiger partial charge in [0.15, 0.2) is 0 Å². The lowest BCUT2D eigenvalue weighted by atomic mass is 10.7. The summed E-state index contributed by atoms with van der Waals surface area (Å²) in [6, 6.07) is -0.891. The van der Waals surface area contributed by atoms with Gasteiger partial charge in [0, 0.05) is 7.05 Å². The average Bonchev–Trinajstić information content (AvgIpc) is 1.85. The van der Waals surface area contributed by atoms with Crippen LogP contribution in [0.3, 0.4) is 0 Å². The van der Waals surface area contributed by atoms with Gasteiger partial charge in [0.2, 0.25) is 6.29 Å². The second-order valence-electron chi connectivity index (χ2n) is 1.49. The van der Waals surface area contributed by atoms with Crippen molar-refractivity contribution >= 4 is 18.2 Å². The number of aldehydes is 1. The van der Waals surface area contributed by atoms with Gasteiger partial charge in [-0.2, -0.15) is 0 Å². The molecule has 0 aliphatic heterocycles. The van der Waals surface area contributed by atoms with Crippen LogP contribution in [0, 0.1) is 0 Å². The molecule has 0 atom stereocenters. The molecule has 3 N–H and O–H groups in total. The number of hydrogen-bond donors (Lipinski definition) is 2. The maximum absolute atomic E-state index is 10.3. The molecular formula is C4H7N3O3. The molecule has 0 spiro atoms. The minimum Gasteiger partial charge on any atom is -0.350 e. The van der Waals surface area contributed by atoms with Gasteiger partial charge in [-0.1, -0.05) is 0 Å². The van der Waals surface area contributed by atoms with Crippen LogP contribution >= 0.6 is 0 Å². The molecule has 3 amide bonds. The first-order valence-corrected chi connectivity index (χ1v) is 2.37. The van der Waals surface area contributed by atoms with Crippen molar-refractivity contribution in [2.75, 3.05) is 7.05 Å². The molecule has 0 unspecified atom stereocenters. The van der Waals surface area contributed by atoms with Gasteiger partial charge in [0.1, 0.15) is 0 Å². The highest BCUT2D eigenvalue weighted by Gasteiger charge is 2.06. The Labute approximate surface area is 56.9 Å². The molecule has 0 fully saturated rings. The van der Waals surface area contributed by atoms with E-state index in [4.69, 9.17) is 0 Å². The standard InChI is InChI=1S/C4H7N3O3/c1-7(3(9)2-8)6-4(5)10/h2H,1H3,(H3,5,6,10). The molecule has 0 rings (SSSR count). The number of nitrogens with zero attached hydrogens (tertiary/aromatic N) is 1. The van der Waals surface area contributed by atoms with Gasteiger partial charge in [-0.25, -0.2) is 15.2 Å². The number of carbonyl (C=O) groups excluding carboxylic acids is 3. The van der Waals surface area contributed by atoms with Crippen LogP contribution in [-0.4, -0.2) is 30.3 Å². The van der Waals surface area contributed by atoms with Crippen molar-refractivity contribution in [1.82, 2.24) is 10.4 Å². The zero-order chi connectivity index (χ0) is 8.15. The van der Waals surface area contributed by atoms with Crippen LogP contribution in [-0.2, 0) is 9.59 Å². The molecule has 0 aliphatic rings. The van der Waals surface area contributed by atoms with Crippen molar-refractivity contribution in [3.05, 3.63) is 0 Å². The Kier molecular flexibility index (Phi) is 2.89. The monoisotopic (exact) mass is 145 g/mol. The normalized spacial score (nSPS) is 8.10. The summed E-state index contributed by atoms with van der Waals surface area (Å²) in [7, 11) is 1.21. The molecule has 0 aliphatic carbocycles. The molecule has 0 aromatic heterocycles. The molecule has 0 heterocycles. The fourth-order valence-corrected chi connectivity index (χ4v) is 0.299. The van der Waals surface area contributed by atoms with Gasteiger partial charge in [0.25, 0.3) is 0 Å². The van der Waals surface area contributed by atoms with E-state index in [0.29, 0.717) is 5.01 Å². The van der Waals surface area contributed by atoms with E-state index in [-0.39, 0.29) is 6.29 Å². The zero-order valence-corrected chi connectivity index (χ0v) is 5.33. The smallest absolute Gasteiger partial charge is 0.331 e. The van der Waals surface area contributed by atoms with E-state index in [1.54, 1.807) is 0 Å². The summed E-state index contributed by atoms with van der Waals surface area (Å²) in [4.78, 5) is 30.1. The second-order valence-corrected chi connectivity index (χ2v) is 1.49. The summed E-state index contributed by atoms with van der Waals surface area (Å²) < 4.78 is 0. The number of primary amides is 1. The van der Waals surface area contributed by atoms with E-state index in [1.165, 1.54) is 7.05 Å². The van der Waals surface area contributed by atoms with Crippen LogP contribution in [0.1, 0.15) is 0 Å². The Hall–Kier alpha value is -1.59. The fourth-order valence-electron chi connectivity index (χ4n) is 0.299. The number of hydrazine groups is 1. The molecule has 0 bridgehead atoms. The van der Waals surface area contributed by atoms with Crippen LogP contribution in [0.5, 0.6) is 0 Å². The molecule has 6 nitrogen and oxygen atoms in total. The number of nitrogens with one attached hydrogen (secondary N) is 1. The third-order valence-corrected chi connectivity index (χ3v) is 0.709. The van der Waals surface area contributed by atoms with Gasteiger partial charge in [-0.05, 0) is 0 Å². The Balaban J connectivity index is 3.84. The largest absolute Gasteiger partial charge is 0.350 e. The maximum atomic E-state index is 10.3. The summed E-state index contributed by atoms with van der Waals surface area (Å²) in [6.45, 7) is 0. The van der Waals surface area contributed by atoms with Gasteiger partial charge >= 0.3 is 11.9 Å². The third kappa shape index (κ3) is 2.65. The summed E-state index contributed by atoms with van der Waals surface area (Å²) >= 11 is 0. The number of hydrogen-bond acceptors (Lipinski definition) is 3. The van der Waals surface area contributed by atoms with E-state index in [1.807, 2.05) is 5.43 Å². The molecule has 6 heteroatoms. The molecule has 0 radical (unpaired) electrons. The third-order valence-electron chi connectivity index (χ3n) is 0.709. The predicted octanol–water partition coefficient (Wildman–Crippen LogP) is -1.77. The van der Waals surface area contributed by atoms with Gasteiger partial charge in [0.05, 0.1) is 0 Å². The van der Waals surface area contributed by atoms with E-state index in [2.05, 4.69) is 5.73 Å². The highest BCUT2D eigenvalue weighted by molar-refractivity contribution is 6.23. The van der Waals surface area contributed by atoms with E-state index in [9.17, 15) is 14.4 Å². The Morgan fingerprint density at radius 2 is 2.10 bits per heavy atom. The van der Waals surface area contributed by atoms with E-state index in [0.717, 1.165) is 0 Å². The van der Waals surface area contributed by atoms with Crippen LogP contribution in [0.25, 0.3) is 0 Å². The maximum Gasteiger partial charge on any atom is 0.331 e. The Morgan fingerprint density at radius 3 is 2.40 bits per heavy atom. The molecule has 56 valence electrons. The summed E-state index contributed by atoms with van der Waals surface area (Å²) in [5.74, 6) is -0.862. The highest BCUT2D eigenvalue weighted by Crippen LogP contribution is 1.71. The summed E-state index contributed by atoms with van der Waals surface area (Å²) in [6.07, 6.45) is 0.0654. The molecule has 10 heavy (non-hydrogen) atoms. The second kappa shape index (κ2) is 3.44. The number of rotatable bonds is 1. The van der Waals surface area contributed by atoms with Gasteiger partial charge in [-0.15, -0.1) is 0 Å².